The standard InChI is InChI=1S/C30H26F2N2O4/c1-4-38-30(36)23-16-34(29(35)20-9-11-24(31)25(32)13-20)15-17(2)27-22-10-8-19(14-26(22)33-28(23)27)18-6-5-7-21(12-18)37-3/h5-14,16-17,33H,4,15H2,1-3H3. The second kappa shape index (κ2) is 10.1. The number of carbonyl (C=O) groups excluding carboxylic acids is 2. The average Bonchev–Trinajstić information content (AvgIpc) is 3.23. The van der Waals surface area contributed by atoms with Gasteiger partial charge in [0.05, 0.1) is 25.0 Å². The van der Waals surface area contributed by atoms with Gasteiger partial charge in [-0.3, -0.25) is 4.79 Å². The molecule has 1 atom stereocenters. The van der Waals surface area contributed by atoms with Gasteiger partial charge in [0.2, 0.25) is 0 Å². The SMILES string of the molecule is CCOC(=O)C1=CN(C(=O)c2ccc(F)c(F)c2)CC(C)c2c1[nH]c1cc(-c3cccc(OC)c3)ccc21. The van der Waals surface area contributed by atoms with Crippen LogP contribution in [0, 0.1) is 11.6 Å². The molecule has 0 saturated carbocycles. The van der Waals surface area contributed by atoms with Gasteiger partial charge >= 0.3 is 5.97 Å². The number of fused-ring (bicyclic) bond motifs is 3. The number of methoxy groups -OCH3 is 1. The van der Waals surface area contributed by atoms with Crippen molar-refractivity contribution in [3.8, 4) is 16.9 Å². The summed E-state index contributed by atoms with van der Waals surface area (Å²) >= 11 is 0. The van der Waals surface area contributed by atoms with Crippen molar-refractivity contribution in [1.29, 1.82) is 0 Å². The van der Waals surface area contributed by atoms with E-state index < -0.39 is 23.5 Å². The van der Waals surface area contributed by atoms with Gasteiger partial charge in [-0.15, -0.1) is 0 Å². The number of esters is 1. The molecule has 1 aliphatic heterocycles. The summed E-state index contributed by atoms with van der Waals surface area (Å²) in [4.78, 5) is 31.1. The fraction of sp³-hybridized carbons (Fsp3) is 0.200. The summed E-state index contributed by atoms with van der Waals surface area (Å²) in [7, 11) is 1.62. The third-order valence-electron chi connectivity index (χ3n) is 6.68. The fourth-order valence-corrected chi connectivity index (χ4v) is 4.89. The molecule has 2 heterocycles. The number of H-pyrrole nitrogens is 1. The van der Waals surface area contributed by atoms with E-state index in [2.05, 4.69) is 4.98 Å². The summed E-state index contributed by atoms with van der Waals surface area (Å²) in [5.74, 6) is -2.74. The molecule has 1 N–H and O–H groups in total. The highest BCUT2D eigenvalue weighted by Crippen LogP contribution is 2.39. The summed E-state index contributed by atoms with van der Waals surface area (Å²) in [5, 5.41) is 0.913. The van der Waals surface area contributed by atoms with Crippen molar-refractivity contribution in [2.75, 3.05) is 20.3 Å². The summed E-state index contributed by atoms with van der Waals surface area (Å²) in [6.45, 7) is 4.03. The molecule has 0 spiro atoms. The summed E-state index contributed by atoms with van der Waals surface area (Å²) in [5.41, 5.74) is 4.38. The lowest BCUT2D eigenvalue weighted by atomic mass is 9.94. The van der Waals surface area contributed by atoms with Crippen molar-refractivity contribution in [3.05, 3.63) is 95.3 Å². The number of aromatic amines is 1. The van der Waals surface area contributed by atoms with Crippen LogP contribution in [-0.4, -0.2) is 42.0 Å². The third-order valence-corrected chi connectivity index (χ3v) is 6.68. The molecular weight excluding hydrogens is 490 g/mol. The Kier molecular flexibility index (Phi) is 6.72. The Balaban J connectivity index is 1.61. The van der Waals surface area contributed by atoms with Crippen LogP contribution in [0.15, 0.2) is 66.9 Å². The van der Waals surface area contributed by atoms with Crippen molar-refractivity contribution >= 4 is 28.4 Å². The van der Waals surface area contributed by atoms with Crippen LogP contribution in [0.4, 0.5) is 8.78 Å². The first-order chi connectivity index (χ1) is 18.3. The van der Waals surface area contributed by atoms with E-state index in [1.165, 1.54) is 17.2 Å². The van der Waals surface area contributed by atoms with Gasteiger partial charge in [-0.2, -0.15) is 0 Å². The Morgan fingerprint density at radius 1 is 1.03 bits per heavy atom. The molecule has 5 rings (SSSR count). The number of nitrogens with zero attached hydrogens (tertiary/aromatic N) is 1. The fourth-order valence-electron chi connectivity index (χ4n) is 4.89. The minimum atomic E-state index is -1.11. The number of hydrogen-bond acceptors (Lipinski definition) is 4. The van der Waals surface area contributed by atoms with Crippen molar-refractivity contribution < 1.29 is 27.8 Å². The van der Waals surface area contributed by atoms with Gasteiger partial charge < -0.3 is 19.4 Å². The topological polar surface area (TPSA) is 71.6 Å². The zero-order valence-electron chi connectivity index (χ0n) is 21.2. The molecular formula is C30H26F2N2O4. The highest BCUT2D eigenvalue weighted by atomic mass is 19.2. The van der Waals surface area contributed by atoms with Crippen LogP contribution in [-0.2, 0) is 9.53 Å². The van der Waals surface area contributed by atoms with Crippen molar-refractivity contribution in [3.63, 3.8) is 0 Å². The molecule has 0 fully saturated rings. The van der Waals surface area contributed by atoms with Crippen molar-refractivity contribution in [1.82, 2.24) is 9.88 Å². The van der Waals surface area contributed by atoms with Crippen molar-refractivity contribution in [2.45, 2.75) is 19.8 Å². The maximum Gasteiger partial charge on any atom is 0.341 e. The second-order valence-corrected chi connectivity index (χ2v) is 9.16. The summed E-state index contributed by atoms with van der Waals surface area (Å²) in [6, 6.07) is 16.7. The first-order valence-corrected chi connectivity index (χ1v) is 12.3. The molecule has 1 aromatic heterocycles. The molecule has 0 saturated heterocycles. The number of nitrogens with one attached hydrogen (secondary N) is 1. The van der Waals surface area contributed by atoms with Crippen LogP contribution < -0.4 is 4.74 Å². The van der Waals surface area contributed by atoms with Gasteiger partial charge in [0.15, 0.2) is 11.6 Å². The van der Waals surface area contributed by atoms with E-state index >= 15 is 0 Å². The highest BCUT2D eigenvalue weighted by molar-refractivity contribution is 6.18. The maximum atomic E-state index is 13.9. The molecule has 1 unspecified atom stereocenters. The molecule has 194 valence electrons. The van der Waals surface area contributed by atoms with E-state index in [0.29, 0.717) is 5.69 Å². The maximum absolute atomic E-state index is 13.9. The summed E-state index contributed by atoms with van der Waals surface area (Å²) < 4.78 is 38.0. The smallest absolute Gasteiger partial charge is 0.341 e. The Bertz CT molecular complexity index is 1590. The quantitative estimate of drug-likeness (QED) is 0.317. The third kappa shape index (κ3) is 4.53. The van der Waals surface area contributed by atoms with Crippen LogP contribution in [0.3, 0.4) is 0 Å². The molecule has 8 heteroatoms. The minimum absolute atomic E-state index is 0.0195. The number of amides is 1. The van der Waals surface area contributed by atoms with Crippen LogP contribution in [0.25, 0.3) is 27.6 Å². The lowest BCUT2D eigenvalue weighted by Crippen LogP contribution is -2.29. The molecule has 4 aromatic rings. The lowest BCUT2D eigenvalue weighted by molar-refractivity contribution is -0.136. The highest BCUT2D eigenvalue weighted by Gasteiger charge is 2.31. The van der Waals surface area contributed by atoms with E-state index in [-0.39, 0.29) is 30.2 Å². The van der Waals surface area contributed by atoms with Gasteiger partial charge in [-0.1, -0.05) is 31.2 Å². The van der Waals surface area contributed by atoms with Gasteiger partial charge in [-0.25, -0.2) is 13.6 Å². The van der Waals surface area contributed by atoms with E-state index in [0.717, 1.165) is 45.5 Å². The second-order valence-electron chi connectivity index (χ2n) is 9.16. The molecule has 38 heavy (non-hydrogen) atoms. The minimum Gasteiger partial charge on any atom is -0.497 e. The lowest BCUT2D eigenvalue weighted by Gasteiger charge is -2.21. The van der Waals surface area contributed by atoms with Crippen LogP contribution in [0.2, 0.25) is 0 Å². The first-order valence-electron chi connectivity index (χ1n) is 12.3. The molecule has 1 aliphatic rings. The predicted octanol–water partition coefficient (Wildman–Crippen LogP) is 6.29. The molecule has 0 aliphatic carbocycles. The number of ether oxygens (including phenoxy) is 2. The van der Waals surface area contributed by atoms with Gasteiger partial charge in [-0.05, 0) is 60.0 Å². The Hall–Kier alpha value is -4.46. The monoisotopic (exact) mass is 516 g/mol. The van der Waals surface area contributed by atoms with Gasteiger partial charge in [0.25, 0.3) is 5.91 Å². The number of carbonyl (C=O) groups is 2. The normalized spacial score (nSPS) is 15.0. The van der Waals surface area contributed by atoms with Crippen LogP contribution in [0.1, 0.15) is 41.4 Å². The van der Waals surface area contributed by atoms with E-state index in [4.69, 9.17) is 9.47 Å². The number of rotatable bonds is 5. The van der Waals surface area contributed by atoms with Crippen LogP contribution in [0.5, 0.6) is 5.75 Å². The molecule has 3 aromatic carbocycles. The number of aromatic nitrogens is 1. The predicted molar refractivity (Wildman–Crippen MR) is 141 cm³/mol. The van der Waals surface area contributed by atoms with E-state index in [1.807, 2.05) is 49.4 Å². The Labute approximate surface area is 218 Å². The largest absolute Gasteiger partial charge is 0.497 e. The molecule has 0 bridgehead atoms. The van der Waals surface area contributed by atoms with Crippen LogP contribution >= 0.6 is 0 Å². The van der Waals surface area contributed by atoms with Crippen molar-refractivity contribution in [2.24, 2.45) is 0 Å². The zero-order chi connectivity index (χ0) is 27.0. The zero-order valence-corrected chi connectivity index (χ0v) is 21.2. The van der Waals surface area contributed by atoms with Gasteiger partial charge in [0, 0.05) is 35.1 Å². The number of benzene rings is 3. The Morgan fingerprint density at radius 3 is 2.55 bits per heavy atom. The van der Waals surface area contributed by atoms with E-state index in [1.54, 1.807) is 14.0 Å². The van der Waals surface area contributed by atoms with E-state index in [9.17, 15) is 18.4 Å². The summed E-state index contributed by atoms with van der Waals surface area (Å²) in [6.07, 6.45) is 1.43. The molecule has 1 amide bonds. The molecule has 6 nitrogen and oxygen atoms in total. The average molecular weight is 517 g/mol. The Morgan fingerprint density at radius 2 is 1.82 bits per heavy atom. The molecule has 0 radical (unpaired) electrons. The van der Waals surface area contributed by atoms with Gasteiger partial charge in [0.1, 0.15) is 5.75 Å². The number of hydrogen-bond donors (Lipinski definition) is 1. The first kappa shape index (κ1) is 25.2. The number of halogens is 2.